The lowest BCUT2D eigenvalue weighted by Crippen LogP contribution is -1.97. The van der Waals surface area contributed by atoms with Crippen LogP contribution in [0.15, 0.2) is 164 Å². The lowest BCUT2D eigenvalue weighted by atomic mass is 9.96. The molecule has 10 rings (SSSR count). The molecule has 0 amide bonds. The second-order valence-corrected chi connectivity index (χ2v) is 13.3. The molecule has 0 spiro atoms. The summed E-state index contributed by atoms with van der Waals surface area (Å²) in [5.41, 5.74) is 9.74. The number of fused-ring (bicyclic) bond motifs is 7. The van der Waals surface area contributed by atoms with Crippen LogP contribution >= 0.6 is 11.3 Å². The maximum atomic E-state index is 5.23. The average Bonchev–Trinajstić information content (AvgIpc) is 3.73. The summed E-state index contributed by atoms with van der Waals surface area (Å²) in [5.74, 6) is 0.942. The van der Waals surface area contributed by atoms with Crippen molar-refractivity contribution in [1.29, 1.82) is 0 Å². The molecule has 7 aromatic carbocycles. The Morgan fingerprint density at radius 2 is 1.04 bits per heavy atom. The highest BCUT2D eigenvalue weighted by Gasteiger charge is 2.16. The number of benzene rings is 7. The second kappa shape index (κ2) is 10.7. The van der Waals surface area contributed by atoms with E-state index in [1.807, 2.05) is 23.5 Å². The van der Waals surface area contributed by atoms with Crippen molar-refractivity contribution in [1.82, 2.24) is 14.5 Å². The highest BCUT2D eigenvalue weighted by Crippen LogP contribution is 2.41. The summed E-state index contributed by atoms with van der Waals surface area (Å²) in [5, 5.41) is 6.24. The van der Waals surface area contributed by atoms with Crippen LogP contribution in [0.3, 0.4) is 0 Å². The van der Waals surface area contributed by atoms with Crippen molar-refractivity contribution in [2.45, 2.75) is 0 Å². The Morgan fingerprint density at radius 3 is 1.85 bits per heavy atom. The van der Waals surface area contributed by atoms with Gasteiger partial charge in [0.1, 0.15) is 5.82 Å². The summed E-state index contributed by atoms with van der Waals surface area (Å²) < 4.78 is 4.86. The van der Waals surface area contributed by atoms with Crippen LogP contribution in [0, 0.1) is 0 Å². The summed E-state index contributed by atoms with van der Waals surface area (Å²) in [7, 11) is 0. The standard InChI is InChI=1S/C44H27N3S/c1-2-10-31(11-3-1)44-46-39-15-7-8-16-40(39)47(44)32-24-22-29(23-25-32)28-18-20-30(21-19-28)43-37-27-42-36(34-13-5-9-17-41(34)48-42)26-35(37)33-12-4-6-14-38(33)45-43/h1-27H. The lowest BCUT2D eigenvalue weighted by molar-refractivity contribution is 1.10. The van der Waals surface area contributed by atoms with Gasteiger partial charge in [-0.25, -0.2) is 9.97 Å². The Morgan fingerprint density at radius 1 is 0.396 bits per heavy atom. The Hall–Kier alpha value is -6.10. The van der Waals surface area contributed by atoms with Crippen LogP contribution in [0.1, 0.15) is 0 Å². The zero-order valence-corrected chi connectivity index (χ0v) is 26.7. The van der Waals surface area contributed by atoms with Crippen molar-refractivity contribution in [3.05, 3.63) is 164 Å². The molecule has 0 atom stereocenters. The molecule has 48 heavy (non-hydrogen) atoms. The number of thiophene rings is 1. The fraction of sp³-hybridized carbons (Fsp3) is 0. The van der Waals surface area contributed by atoms with E-state index in [2.05, 4.69) is 156 Å². The Balaban J connectivity index is 1.06. The first-order chi connectivity index (χ1) is 23.8. The van der Waals surface area contributed by atoms with E-state index < -0.39 is 0 Å². The fourth-order valence-electron chi connectivity index (χ4n) is 7.08. The molecule has 0 unspecified atom stereocenters. The van der Waals surface area contributed by atoms with Crippen LogP contribution in [0.5, 0.6) is 0 Å². The minimum atomic E-state index is 0.942. The summed E-state index contributed by atoms with van der Waals surface area (Å²) >= 11 is 1.85. The zero-order valence-electron chi connectivity index (χ0n) is 25.8. The average molecular weight is 630 g/mol. The molecule has 0 aliphatic carbocycles. The molecule has 0 fully saturated rings. The van der Waals surface area contributed by atoms with Crippen molar-refractivity contribution >= 4 is 64.2 Å². The quantitative estimate of drug-likeness (QED) is 0.181. The number of hydrogen-bond donors (Lipinski definition) is 0. The molecule has 0 N–H and O–H groups in total. The van der Waals surface area contributed by atoms with Crippen molar-refractivity contribution < 1.29 is 0 Å². The Kier molecular flexibility index (Phi) is 6.05. The van der Waals surface area contributed by atoms with Gasteiger partial charge in [-0.3, -0.25) is 4.57 Å². The van der Waals surface area contributed by atoms with Crippen molar-refractivity contribution in [3.8, 4) is 39.5 Å². The fourth-order valence-corrected chi connectivity index (χ4v) is 8.21. The smallest absolute Gasteiger partial charge is 0.145 e. The van der Waals surface area contributed by atoms with Gasteiger partial charge in [-0.1, -0.05) is 115 Å². The van der Waals surface area contributed by atoms with Gasteiger partial charge < -0.3 is 0 Å². The maximum absolute atomic E-state index is 5.23. The predicted molar refractivity (Wildman–Crippen MR) is 203 cm³/mol. The monoisotopic (exact) mass is 629 g/mol. The van der Waals surface area contributed by atoms with Crippen LogP contribution in [0.2, 0.25) is 0 Å². The summed E-state index contributed by atoms with van der Waals surface area (Å²) in [6.45, 7) is 0. The first-order valence-corrected chi connectivity index (χ1v) is 17.0. The van der Waals surface area contributed by atoms with E-state index in [-0.39, 0.29) is 0 Å². The van der Waals surface area contributed by atoms with Gasteiger partial charge in [0.25, 0.3) is 0 Å². The van der Waals surface area contributed by atoms with Crippen LogP contribution in [0.4, 0.5) is 0 Å². The second-order valence-electron chi connectivity index (χ2n) is 12.2. The predicted octanol–water partition coefficient (Wildman–Crippen LogP) is 12.1. The molecule has 10 aromatic rings. The molecular formula is C44H27N3S. The molecule has 0 aliphatic heterocycles. The van der Waals surface area contributed by atoms with Gasteiger partial charge in [0, 0.05) is 47.8 Å². The third kappa shape index (κ3) is 4.27. The van der Waals surface area contributed by atoms with Gasteiger partial charge in [0.2, 0.25) is 0 Å². The first-order valence-electron chi connectivity index (χ1n) is 16.2. The molecule has 0 aliphatic rings. The molecular weight excluding hydrogens is 603 g/mol. The minimum Gasteiger partial charge on any atom is -0.292 e. The molecule has 3 nitrogen and oxygen atoms in total. The molecule has 224 valence electrons. The molecule has 0 saturated carbocycles. The summed E-state index contributed by atoms with van der Waals surface area (Å²) in [6.07, 6.45) is 0. The summed E-state index contributed by atoms with van der Waals surface area (Å²) in [4.78, 5) is 10.2. The number of imidazole rings is 1. The SMILES string of the molecule is c1ccc(-c2nc3ccccc3n2-c2ccc(-c3ccc(-c4nc5ccccc5c5cc6c(cc45)sc4ccccc46)cc3)cc2)cc1. The number of rotatable bonds is 4. The highest BCUT2D eigenvalue weighted by molar-refractivity contribution is 7.25. The molecule has 0 saturated heterocycles. The van der Waals surface area contributed by atoms with Gasteiger partial charge in [0.05, 0.1) is 22.2 Å². The van der Waals surface area contributed by atoms with E-state index in [1.165, 1.54) is 47.5 Å². The number of hydrogen-bond acceptors (Lipinski definition) is 3. The van der Waals surface area contributed by atoms with E-state index in [0.717, 1.165) is 44.9 Å². The van der Waals surface area contributed by atoms with Gasteiger partial charge >= 0.3 is 0 Å². The van der Waals surface area contributed by atoms with Crippen LogP contribution in [-0.4, -0.2) is 14.5 Å². The van der Waals surface area contributed by atoms with Gasteiger partial charge in [0.15, 0.2) is 0 Å². The molecule has 3 aromatic heterocycles. The molecule has 4 heteroatoms. The zero-order chi connectivity index (χ0) is 31.6. The van der Waals surface area contributed by atoms with Gasteiger partial charge in [-0.15, -0.1) is 11.3 Å². The number of pyridine rings is 1. The van der Waals surface area contributed by atoms with E-state index in [9.17, 15) is 0 Å². The Labute approximate surface area is 281 Å². The van der Waals surface area contributed by atoms with E-state index in [4.69, 9.17) is 9.97 Å². The van der Waals surface area contributed by atoms with E-state index in [1.54, 1.807) is 0 Å². The summed E-state index contributed by atoms with van der Waals surface area (Å²) in [6, 6.07) is 58.3. The van der Waals surface area contributed by atoms with Crippen molar-refractivity contribution in [2.24, 2.45) is 0 Å². The van der Waals surface area contributed by atoms with Gasteiger partial charge in [-0.05, 0) is 65.0 Å². The topological polar surface area (TPSA) is 30.7 Å². The third-order valence-corrected chi connectivity index (χ3v) is 10.5. The van der Waals surface area contributed by atoms with Crippen LogP contribution in [-0.2, 0) is 0 Å². The molecule has 0 bridgehead atoms. The van der Waals surface area contributed by atoms with E-state index >= 15 is 0 Å². The number of aromatic nitrogens is 3. The third-order valence-electron chi connectivity index (χ3n) is 9.41. The van der Waals surface area contributed by atoms with Crippen molar-refractivity contribution in [3.63, 3.8) is 0 Å². The highest BCUT2D eigenvalue weighted by atomic mass is 32.1. The lowest BCUT2D eigenvalue weighted by Gasteiger charge is -2.12. The largest absolute Gasteiger partial charge is 0.292 e. The van der Waals surface area contributed by atoms with Crippen molar-refractivity contribution in [2.75, 3.05) is 0 Å². The number of nitrogens with zero attached hydrogens (tertiary/aromatic N) is 3. The van der Waals surface area contributed by atoms with Crippen LogP contribution < -0.4 is 0 Å². The number of para-hydroxylation sites is 3. The Bertz CT molecular complexity index is 2810. The van der Waals surface area contributed by atoms with Crippen LogP contribution in [0.25, 0.3) is 92.3 Å². The van der Waals surface area contributed by atoms with E-state index in [0.29, 0.717) is 0 Å². The normalized spacial score (nSPS) is 11.8. The first kappa shape index (κ1) is 27.1. The maximum Gasteiger partial charge on any atom is 0.145 e. The minimum absolute atomic E-state index is 0.942. The molecule has 3 heterocycles. The van der Waals surface area contributed by atoms with Gasteiger partial charge in [-0.2, -0.15) is 0 Å². The molecule has 0 radical (unpaired) electrons.